The zero-order valence-corrected chi connectivity index (χ0v) is 11.5. The Morgan fingerprint density at radius 2 is 1.79 bits per heavy atom. The molecule has 0 spiro atoms. The van der Waals surface area contributed by atoms with E-state index >= 15 is 0 Å². The van der Waals surface area contributed by atoms with E-state index in [1.165, 1.54) is 12.1 Å². The van der Waals surface area contributed by atoms with Crippen LogP contribution in [0.25, 0.3) is 0 Å². The van der Waals surface area contributed by atoms with E-state index in [0.717, 1.165) is 11.1 Å². The van der Waals surface area contributed by atoms with Gasteiger partial charge in [-0.15, -0.1) is 0 Å². The predicted molar refractivity (Wildman–Crippen MR) is 75.8 cm³/mol. The van der Waals surface area contributed by atoms with Crippen LogP contribution in [0.2, 0.25) is 0 Å². The summed E-state index contributed by atoms with van der Waals surface area (Å²) in [5.41, 5.74) is 8.08. The third-order valence-corrected chi connectivity index (χ3v) is 4.48. The summed E-state index contributed by atoms with van der Waals surface area (Å²) < 4.78 is 25.7. The zero-order valence-electron chi connectivity index (χ0n) is 10.7. The molecule has 2 aromatic rings. The minimum absolute atomic E-state index is 0.214. The molecule has 2 atom stereocenters. The Kier molecular flexibility index (Phi) is 4.45. The molecule has 0 bridgehead atoms. The van der Waals surface area contributed by atoms with Crippen molar-refractivity contribution in [3.8, 4) is 0 Å². The van der Waals surface area contributed by atoms with Crippen LogP contribution in [0, 0.1) is 12.7 Å². The molecule has 0 heterocycles. The van der Waals surface area contributed by atoms with Crippen LogP contribution in [0.4, 0.5) is 4.39 Å². The van der Waals surface area contributed by atoms with Crippen molar-refractivity contribution in [1.29, 1.82) is 0 Å². The average Bonchev–Trinajstić information content (AvgIpc) is 2.39. The van der Waals surface area contributed by atoms with Crippen LogP contribution in [0.5, 0.6) is 0 Å². The Morgan fingerprint density at radius 3 is 2.47 bits per heavy atom. The largest absolute Gasteiger partial charge is 0.323 e. The van der Waals surface area contributed by atoms with Crippen LogP contribution in [0.3, 0.4) is 0 Å². The molecule has 2 aromatic carbocycles. The molecule has 0 aliphatic carbocycles. The molecule has 0 aromatic heterocycles. The maximum absolute atomic E-state index is 13.5. The van der Waals surface area contributed by atoms with Crippen LogP contribution < -0.4 is 5.73 Å². The molecule has 0 amide bonds. The molecule has 0 fully saturated rings. The standard InChI is InChI=1S/C15H16FNOS/c1-11-6-2-3-7-12(11)14(17)10-19(18)15-9-5-4-8-13(15)16/h2-9,14H,10,17H2,1H3. The Bertz CT molecular complexity index is 600. The van der Waals surface area contributed by atoms with Crippen molar-refractivity contribution >= 4 is 10.8 Å². The van der Waals surface area contributed by atoms with Gasteiger partial charge in [0, 0.05) is 11.8 Å². The maximum Gasteiger partial charge on any atom is 0.139 e. The van der Waals surface area contributed by atoms with Crippen molar-refractivity contribution in [2.45, 2.75) is 17.9 Å². The lowest BCUT2D eigenvalue weighted by Gasteiger charge is -2.14. The Labute approximate surface area is 114 Å². The maximum atomic E-state index is 13.5. The molecule has 0 radical (unpaired) electrons. The van der Waals surface area contributed by atoms with Crippen molar-refractivity contribution in [2.24, 2.45) is 5.73 Å². The van der Waals surface area contributed by atoms with E-state index in [4.69, 9.17) is 5.73 Å². The Hall–Kier alpha value is -1.52. The fraction of sp³-hybridized carbons (Fsp3) is 0.200. The summed E-state index contributed by atoms with van der Waals surface area (Å²) in [5.74, 6) is -0.232. The van der Waals surface area contributed by atoms with Gasteiger partial charge in [-0.1, -0.05) is 36.4 Å². The van der Waals surface area contributed by atoms with Gasteiger partial charge >= 0.3 is 0 Å². The van der Waals surface area contributed by atoms with Gasteiger partial charge in [0.2, 0.25) is 0 Å². The summed E-state index contributed by atoms with van der Waals surface area (Å²) in [5, 5.41) is 0. The second-order valence-electron chi connectivity index (χ2n) is 4.41. The van der Waals surface area contributed by atoms with Crippen molar-refractivity contribution < 1.29 is 8.60 Å². The molecule has 2 rings (SSSR count). The first kappa shape index (κ1) is 13.9. The number of aryl methyl sites for hydroxylation is 1. The minimum atomic E-state index is -1.43. The first-order valence-corrected chi connectivity index (χ1v) is 7.35. The molecule has 19 heavy (non-hydrogen) atoms. The molecule has 2 unspecified atom stereocenters. The molecule has 2 N–H and O–H groups in total. The number of rotatable bonds is 4. The summed E-state index contributed by atoms with van der Waals surface area (Å²) in [7, 11) is -1.43. The molecule has 100 valence electrons. The van der Waals surface area contributed by atoms with Crippen LogP contribution in [0.15, 0.2) is 53.4 Å². The van der Waals surface area contributed by atoms with Crippen LogP contribution in [-0.4, -0.2) is 9.96 Å². The van der Waals surface area contributed by atoms with Gasteiger partial charge in [0.25, 0.3) is 0 Å². The third kappa shape index (κ3) is 3.28. The van der Waals surface area contributed by atoms with E-state index in [0.29, 0.717) is 0 Å². The number of hydrogen-bond donors (Lipinski definition) is 1. The SMILES string of the molecule is Cc1ccccc1C(N)CS(=O)c1ccccc1F. The van der Waals surface area contributed by atoms with Gasteiger partial charge in [0.05, 0.1) is 15.7 Å². The monoisotopic (exact) mass is 277 g/mol. The molecule has 4 heteroatoms. The highest BCUT2D eigenvalue weighted by atomic mass is 32.2. The average molecular weight is 277 g/mol. The number of benzene rings is 2. The van der Waals surface area contributed by atoms with Crippen molar-refractivity contribution in [1.82, 2.24) is 0 Å². The highest BCUT2D eigenvalue weighted by Gasteiger charge is 2.16. The van der Waals surface area contributed by atoms with Crippen LogP contribution in [0.1, 0.15) is 17.2 Å². The second kappa shape index (κ2) is 6.08. The van der Waals surface area contributed by atoms with Crippen molar-refractivity contribution in [3.05, 3.63) is 65.5 Å². The van der Waals surface area contributed by atoms with Gasteiger partial charge in [-0.05, 0) is 30.2 Å². The van der Waals surface area contributed by atoms with E-state index < -0.39 is 16.6 Å². The molecule has 0 aliphatic rings. The number of nitrogens with two attached hydrogens (primary N) is 1. The lowest BCUT2D eigenvalue weighted by molar-refractivity contribution is 0.594. The Balaban J connectivity index is 2.16. The molecule has 0 saturated carbocycles. The van der Waals surface area contributed by atoms with E-state index in [1.54, 1.807) is 12.1 Å². The summed E-state index contributed by atoms with van der Waals surface area (Å²) in [4.78, 5) is 0.214. The van der Waals surface area contributed by atoms with Gasteiger partial charge in [0.1, 0.15) is 5.82 Å². The Morgan fingerprint density at radius 1 is 1.16 bits per heavy atom. The normalized spacial score (nSPS) is 14.1. The topological polar surface area (TPSA) is 43.1 Å². The lowest BCUT2D eigenvalue weighted by Crippen LogP contribution is -2.19. The van der Waals surface area contributed by atoms with Crippen molar-refractivity contribution in [3.63, 3.8) is 0 Å². The molecular formula is C15H16FNOS. The van der Waals surface area contributed by atoms with Crippen LogP contribution in [-0.2, 0) is 10.8 Å². The first-order valence-electron chi connectivity index (χ1n) is 6.03. The quantitative estimate of drug-likeness (QED) is 0.933. The fourth-order valence-corrected chi connectivity index (χ4v) is 3.18. The van der Waals surface area contributed by atoms with Gasteiger partial charge in [-0.3, -0.25) is 4.21 Å². The molecule has 0 saturated heterocycles. The van der Waals surface area contributed by atoms with Crippen molar-refractivity contribution in [2.75, 3.05) is 5.75 Å². The van der Waals surface area contributed by atoms with Gasteiger partial charge in [-0.25, -0.2) is 4.39 Å². The summed E-state index contributed by atoms with van der Waals surface area (Å²) >= 11 is 0. The summed E-state index contributed by atoms with van der Waals surface area (Å²) in [6.07, 6.45) is 0. The van der Waals surface area contributed by atoms with Crippen LogP contribution >= 0.6 is 0 Å². The molecule has 2 nitrogen and oxygen atoms in total. The second-order valence-corrected chi connectivity index (χ2v) is 5.87. The molecular weight excluding hydrogens is 261 g/mol. The van der Waals surface area contributed by atoms with Gasteiger partial charge in [-0.2, -0.15) is 0 Å². The van der Waals surface area contributed by atoms with E-state index in [2.05, 4.69) is 0 Å². The highest BCUT2D eigenvalue weighted by Crippen LogP contribution is 2.19. The minimum Gasteiger partial charge on any atom is -0.323 e. The summed E-state index contributed by atoms with van der Waals surface area (Å²) in [6.45, 7) is 1.96. The smallest absolute Gasteiger partial charge is 0.139 e. The number of hydrogen-bond acceptors (Lipinski definition) is 2. The highest BCUT2D eigenvalue weighted by molar-refractivity contribution is 7.85. The van der Waals surface area contributed by atoms with E-state index in [9.17, 15) is 8.60 Å². The number of halogens is 1. The zero-order chi connectivity index (χ0) is 13.8. The van der Waals surface area contributed by atoms with E-state index in [-0.39, 0.29) is 16.7 Å². The summed E-state index contributed by atoms with van der Waals surface area (Å²) in [6, 6.07) is 13.4. The van der Waals surface area contributed by atoms with Gasteiger partial charge < -0.3 is 5.73 Å². The fourth-order valence-electron chi connectivity index (χ4n) is 1.97. The van der Waals surface area contributed by atoms with E-state index in [1.807, 2.05) is 31.2 Å². The third-order valence-electron chi connectivity index (χ3n) is 3.00. The molecule has 0 aliphatic heterocycles. The predicted octanol–water partition coefficient (Wildman–Crippen LogP) is 2.94. The first-order chi connectivity index (χ1) is 9.09. The lowest BCUT2D eigenvalue weighted by atomic mass is 10.0. The van der Waals surface area contributed by atoms with Gasteiger partial charge in [0.15, 0.2) is 0 Å².